The number of amides is 2. The van der Waals surface area contributed by atoms with E-state index in [1.165, 1.54) is 25.7 Å². The third kappa shape index (κ3) is 4.65. The van der Waals surface area contributed by atoms with Crippen LogP contribution in [0.3, 0.4) is 0 Å². The maximum absolute atomic E-state index is 14.2. The number of ether oxygens (including phenoxy) is 2. The second-order valence-corrected chi connectivity index (χ2v) is 7.89. The van der Waals surface area contributed by atoms with Crippen LogP contribution in [0.25, 0.3) is 10.9 Å². The van der Waals surface area contributed by atoms with E-state index in [9.17, 15) is 13.6 Å². The molecule has 35 heavy (non-hydrogen) atoms. The van der Waals surface area contributed by atoms with Gasteiger partial charge in [-0.05, 0) is 36.4 Å². The normalized spacial score (nSPS) is 13.7. The molecule has 2 amide bonds. The molecule has 2 aromatic carbocycles. The molecule has 0 unspecified atom stereocenters. The monoisotopic (exact) mass is 480 g/mol. The summed E-state index contributed by atoms with van der Waals surface area (Å²) in [6, 6.07) is 9.58. The Kier molecular flexibility index (Phi) is 6.04. The van der Waals surface area contributed by atoms with Crippen molar-refractivity contribution in [2.45, 2.75) is 0 Å². The number of rotatable bonds is 5. The number of fused-ring (bicyclic) bond motifs is 1. The number of nitrogens with one attached hydrogen (secondary N) is 2. The van der Waals surface area contributed by atoms with Crippen molar-refractivity contribution < 1.29 is 23.0 Å². The average Bonchev–Trinajstić information content (AvgIpc) is 3.32. The number of piperazine rings is 1. The Morgan fingerprint density at radius 3 is 2.34 bits per heavy atom. The summed E-state index contributed by atoms with van der Waals surface area (Å²) in [7, 11) is 1.49. The number of urea groups is 1. The lowest BCUT2D eigenvalue weighted by Gasteiger charge is -2.36. The first-order chi connectivity index (χ1) is 17.0. The maximum Gasteiger partial charge on any atom is 0.322 e. The number of hydrogen-bond donors (Lipinski definition) is 2. The van der Waals surface area contributed by atoms with Crippen LogP contribution in [0.15, 0.2) is 55.0 Å². The van der Waals surface area contributed by atoms with Crippen LogP contribution in [-0.2, 0) is 0 Å². The van der Waals surface area contributed by atoms with Crippen molar-refractivity contribution in [3.8, 4) is 17.5 Å². The molecule has 0 atom stereocenters. The highest BCUT2D eigenvalue weighted by Gasteiger charge is 2.23. The smallest absolute Gasteiger partial charge is 0.322 e. The zero-order valence-corrected chi connectivity index (χ0v) is 18.8. The number of benzene rings is 2. The van der Waals surface area contributed by atoms with Crippen molar-refractivity contribution in [3.63, 3.8) is 0 Å². The van der Waals surface area contributed by atoms with E-state index in [1.54, 1.807) is 4.90 Å². The van der Waals surface area contributed by atoms with Crippen molar-refractivity contribution in [2.24, 2.45) is 0 Å². The summed E-state index contributed by atoms with van der Waals surface area (Å²) < 4.78 is 38.8. The molecule has 180 valence electrons. The Hall–Kier alpha value is -4.41. The Balaban J connectivity index is 1.17. The second-order valence-electron chi connectivity index (χ2n) is 7.89. The fourth-order valence-corrected chi connectivity index (χ4v) is 3.96. The predicted octanol–water partition coefficient (Wildman–Crippen LogP) is 4.39. The number of anilines is 2. The van der Waals surface area contributed by atoms with Crippen molar-refractivity contribution in [1.82, 2.24) is 19.9 Å². The summed E-state index contributed by atoms with van der Waals surface area (Å²) in [6.45, 7) is 2.20. The largest absolute Gasteiger partial charge is 0.467 e. The van der Waals surface area contributed by atoms with Gasteiger partial charge in [0.25, 0.3) is 0 Å². The quantitative estimate of drug-likeness (QED) is 0.440. The van der Waals surface area contributed by atoms with Crippen LogP contribution in [0.1, 0.15) is 0 Å². The highest BCUT2D eigenvalue weighted by molar-refractivity contribution is 6.01. The lowest BCUT2D eigenvalue weighted by Crippen LogP contribution is -2.50. The van der Waals surface area contributed by atoms with Crippen molar-refractivity contribution in [3.05, 3.63) is 66.6 Å². The van der Waals surface area contributed by atoms with Gasteiger partial charge in [-0.3, -0.25) is 0 Å². The van der Waals surface area contributed by atoms with Gasteiger partial charge >= 0.3 is 12.0 Å². The number of hydrogen-bond acceptors (Lipinski definition) is 6. The highest BCUT2D eigenvalue weighted by Crippen LogP contribution is 2.29. The summed E-state index contributed by atoms with van der Waals surface area (Å²) >= 11 is 0. The predicted molar refractivity (Wildman–Crippen MR) is 126 cm³/mol. The van der Waals surface area contributed by atoms with Gasteiger partial charge in [0, 0.05) is 38.1 Å². The lowest BCUT2D eigenvalue weighted by molar-refractivity contribution is 0.208. The minimum Gasteiger partial charge on any atom is -0.467 e. The van der Waals surface area contributed by atoms with Crippen LogP contribution in [0.2, 0.25) is 0 Å². The van der Waals surface area contributed by atoms with E-state index in [4.69, 9.17) is 9.47 Å². The number of halogens is 2. The fourth-order valence-electron chi connectivity index (χ4n) is 3.96. The standard InChI is InChI=1S/C24H22F2N6O3/c1-34-23-28-12-17(13-29-23)35-16-4-2-15(3-5-16)31-8-10-32(11-9-31)24(33)30-20-14-27-22-19(26)7-6-18(25)21(20)22/h2-7,12-14,27H,8-11H2,1H3,(H,30,33). The molecule has 1 saturated heterocycles. The summed E-state index contributed by atoms with van der Waals surface area (Å²) in [4.78, 5) is 27.2. The third-order valence-electron chi connectivity index (χ3n) is 5.77. The molecule has 2 N–H and O–H groups in total. The fraction of sp³-hybridized carbons (Fsp3) is 0.208. The highest BCUT2D eigenvalue weighted by atomic mass is 19.1. The molecule has 9 nitrogen and oxygen atoms in total. The van der Waals surface area contributed by atoms with Crippen molar-refractivity contribution in [1.29, 1.82) is 0 Å². The second kappa shape index (κ2) is 9.45. The molecule has 5 rings (SSSR count). The number of aromatic nitrogens is 3. The van der Waals surface area contributed by atoms with Crippen molar-refractivity contribution >= 4 is 28.3 Å². The third-order valence-corrected chi connectivity index (χ3v) is 5.77. The average molecular weight is 480 g/mol. The summed E-state index contributed by atoms with van der Waals surface area (Å²) in [5, 5.41) is 2.72. The first-order valence-electron chi connectivity index (χ1n) is 10.9. The van der Waals surface area contributed by atoms with Gasteiger partial charge in [-0.1, -0.05) is 0 Å². The molecule has 1 fully saturated rings. The Labute approximate surface area is 199 Å². The van der Waals surface area contributed by atoms with Gasteiger partial charge in [0.05, 0.1) is 36.1 Å². The van der Waals surface area contributed by atoms with Crippen LogP contribution >= 0.6 is 0 Å². The van der Waals surface area contributed by atoms with Gasteiger partial charge in [-0.25, -0.2) is 13.6 Å². The van der Waals surface area contributed by atoms with Crippen LogP contribution in [-0.4, -0.2) is 59.2 Å². The van der Waals surface area contributed by atoms with E-state index in [-0.39, 0.29) is 28.6 Å². The Morgan fingerprint density at radius 1 is 0.971 bits per heavy atom. The van der Waals surface area contributed by atoms with Gasteiger partial charge in [-0.15, -0.1) is 0 Å². The molecular weight excluding hydrogens is 458 g/mol. The minimum atomic E-state index is -0.602. The lowest BCUT2D eigenvalue weighted by atomic mass is 10.2. The molecule has 1 aliphatic rings. The minimum absolute atomic E-state index is 0.0251. The van der Waals surface area contributed by atoms with Gasteiger partial charge in [0.2, 0.25) is 0 Å². The van der Waals surface area contributed by atoms with Crippen molar-refractivity contribution in [2.75, 3.05) is 43.5 Å². The molecule has 1 aliphatic heterocycles. The number of carbonyl (C=O) groups excluding carboxylic acids is 1. The van der Waals surface area contributed by atoms with E-state index in [0.29, 0.717) is 37.7 Å². The van der Waals surface area contributed by atoms with E-state index < -0.39 is 11.6 Å². The van der Waals surface area contributed by atoms with Gasteiger partial charge < -0.3 is 29.6 Å². The van der Waals surface area contributed by atoms with E-state index in [0.717, 1.165) is 17.8 Å². The molecule has 0 radical (unpaired) electrons. The maximum atomic E-state index is 14.2. The number of H-pyrrole nitrogens is 1. The molecular formula is C24H22F2N6O3. The Morgan fingerprint density at radius 2 is 1.66 bits per heavy atom. The number of carbonyl (C=O) groups is 1. The first kappa shape index (κ1) is 22.4. The van der Waals surface area contributed by atoms with Crippen LogP contribution in [0.5, 0.6) is 17.5 Å². The Bertz CT molecular complexity index is 1340. The first-order valence-corrected chi connectivity index (χ1v) is 10.9. The van der Waals surface area contributed by atoms with Crippen LogP contribution < -0.4 is 19.7 Å². The molecule has 0 spiro atoms. The number of aromatic amines is 1. The topological polar surface area (TPSA) is 95.6 Å². The van der Waals surface area contributed by atoms with E-state index in [1.807, 2.05) is 24.3 Å². The molecule has 0 saturated carbocycles. The summed E-state index contributed by atoms with van der Waals surface area (Å²) in [5.41, 5.74) is 1.23. The molecule has 2 aromatic heterocycles. The molecule has 4 aromatic rings. The van der Waals surface area contributed by atoms with Gasteiger partial charge in [-0.2, -0.15) is 9.97 Å². The van der Waals surface area contributed by atoms with E-state index in [2.05, 4.69) is 25.2 Å². The summed E-state index contributed by atoms with van der Waals surface area (Å²) in [6.07, 6.45) is 4.46. The van der Waals surface area contributed by atoms with Crippen LogP contribution in [0.4, 0.5) is 25.0 Å². The zero-order valence-electron chi connectivity index (χ0n) is 18.8. The summed E-state index contributed by atoms with van der Waals surface area (Å²) in [5.74, 6) is -0.0436. The van der Waals surface area contributed by atoms with E-state index >= 15 is 0 Å². The molecule has 3 heterocycles. The SMILES string of the molecule is COc1ncc(Oc2ccc(N3CCN(C(=O)Nc4c[nH]c5c(F)ccc(F)c45)CC3)cc2)cn1. The van der Waals surface area contributed by atoms with Crippen LogP contribution in [0, 0.1) is 11.6 Å². The number of nitrogens with zero attached hydrogens (tertiary/aromatic N) is 4. The van der Waals surface area contributed by atoms with Gasteiger partial charge in [0.1, 0.15) is 17.4 Å². The molecule has 0 aliphatic carbocycles. The molecule has 0 bridgehead atoms. The number of methoxy groups -OCH3 is 1. The van der Waals surface area contributed by atoms with Gasteiger partial charge in [0.15, 0.2) is 5.75 Å². The molecule has 11 heteroatoms. The zero-order chi connectivity index (χ0) is 24.4.